The standard InChI is InChI=1S/C19H27N3O/c1-6-7-15-8-10-16(11-9-15)18(13(2)3)21-19(23)17-12-20-22(5)14(17)4/h8-13,18H,6-7H2,1-5H3,(H,21,23). The van der Waals surface area contributed by atoms with Gasteiger partial charge in [-0.2, -0.15) is 5.10 Å². The third-order valence-electron chi connectivity index (χ3n) is 4.31. The molecule has 0 aliphatic carbocycles. The predicted molar refractivity (Wildman–Crippen MR) is 93.4 cm³/mol. The highest BCUT2D eigenvalue weighted by atomic mass is 16.1. The second-order valence-corrected chi connectivity index (χ2v) is 6.45. The summed E-state index contributed by atoms with van der Waals surface area (Å²) >= 11 is 0. The van der Waals surface area contributed by atoms with Gasteiger partial charge in [-0.1, -0.05) is 51.5 Å². The average Bonchev–Trinajstić information content (AvgIpc) is 2.85. The first-order valence-electron chi connectivity index (χ1n) is 8.32. The molecule has 2 aromatic rings. The van der Waals surface area contributed by atoms with Gasteiger partial charge in [-0.05, 0) is 30.4 Å². The van der Waals surface area contributed by atoms with Gasteiger partial charge in [0.2, 0.25) is 0 Å². The summed E-state index contributed by atoms with van der Waals surface area (Å²) in [6.07, 6.45) is 3.87. The lowest BCUT2D eigenvalue weighted by atomic mass is 9.94. The molecule has 0 saturated heterocycles. The van der Waals surface area contributed by atoms with E-state index in [0.29, 0.717) is 11.5 Å². The number of carbonyl (C=O) groups is 1. The Bertz CT molecular complexity index is 656. The zero-order chi connectivity index (χ0) is 17.0. The van der Waals surface area contributed by atoms with Crippen LogP contribution in [0, 0.1) is 12.8 Å². The molecular weight excluding hydrogens is 286 g/mol. The van der Waals surface area contributed by atoms with E-state index in [1.54, 1.807) is 10.9 Å². The maximum atomic E-state index is 12.6. The van der Waals surface area contributed by atoms with Crippen molar-refractivity contribution in [2.45, 2.75) is 46.6 Å². The third kappa shape index (κ3) is 4.01. The highest BCUT2D eigenvalue weighted by Crippen LogP contribution is 2.23. The van der Waals surface area contributed by atoms with Crippen molar-refractivity contribution in [3.05, 3.63) is 52.8 Å². The molecule has 1 N–H and O–H groups in total. The molecule has 0 aliphatic rings. The van der Waals surface area contributed by atoms with E-state index in [4.69, 9.17) is 0 Å². The van der Waals surface area contributed by atoms with E-state index < -0.39 is 0 Å². The Morgan fingerprint density at radius 1 is 1.26 bits per heavy atom. The molecule has 2 rings (SSSR count). The highest BCUT2D eigenvalue weighted by Gasteiger charge is 2.21. The molecule has 1 amide bonds. The van der Waals surface area contributed by atoms with E-state index in [-0.39, 0.29) is 11.9 Å². The Morgan fingerprint density at radius 2 is 1.91 bits per heavy atom. The number of carbonyl (C=O) groups excluding carboxylic acids is 1. The molecule has 0 radical (unpaired) electrons. The summed E-state index contributed by atoms with van der Waals surface area (Å²) in [5, 5.41) is 7.31. The van der Waals surface area contributed by atoms with Crippen LogP contribution in [0.3, 0.4) is 0 Å². The zero-order valence-electron chi connectivity index (χ0n) is 14.8. The van der Waals surface area contributed by atoms with Crippen LogP contribution >= 0.6 is 0 Å². The Labute approximate surface area is 138 Å². The topological polar surface area (TPSA) is 46.9 Å². The van der Waals surface area contributed by atoms with Crippen LogP contribution in [0.4, 0.5) is 0 Å². The lowest BCUT2D eigenvalue weighted by Gasteiger charge is -2.23. The van der Waals surface area contributed by atoms with Crippen molar-refractivity contribution in [2.24, 2.45) is 13.0 Å². The van der Waals surface area contributed by atoms with Gasteiger partial charge in [-0.25, -0.2) is 0 Å². The van der Waals surface area contributed by atoms with Crippen LogP contribution < -0.4 is 5.32 Å². The second kappa shape index (κ2) is 7.44. The summed E-state index contributed by atoms with van der Waals surface area (Å²) in [7, 11) is 1.85. The minimum atomic E-state index is -0.0630. The van der Waals surface area contributed by atoms with E-state index in [0.717, 1.165) is 24.1 Å². The molecule has 0 saturated carbocycles. The second-order valence-electron chi connectivity index (χ2n) is 6.45. The van der Waals surface area contributed by atoms with Crippen molar-refractivity contribution in [1.29, 1.82) is 0 Å². The SMILES string of the molecule is CCCc1ccc(C(NC(=O)c2cnn(C)c2C)C(C)C)cc1. The molecule has 0 spiro atoms. The number of benzene rings is 1. The van der Waals surface area contributed by atoms with Crippen molar-refractivity contribution in [3.8, 4) is 0 Å². The maximum Gasteiger partial charge on any atom is 0.255 e. The van der Waals surface area contributed by atoms with Gasteiger partial charge in [0.25, 0.3) is 5.91 Å². The Balaban J connectivity index is 2.18. The van der Waals surface area contributed by atoms with Crippen molar-refractivity contribution in [2.75, 3.05) is 0 Å². The average molecular weight is 313 g/mol. The van der Waals surface area contributed by atoms with E-state index in [2.05, 4.69) is 55.5 Å². The summed E-state index contributed by atoms with van der Waals surface area (Å²) < 4.78 is 1.72. The van der Waals surface area contributed by atoms with Crippen molar-refractivity contribution < 1.29 is 4.79 Å². The monoisotopic (exact) mass is 313 g/mol. The van der Waals surface area contributed by atoms with Gasteiger partial charge in [0.1, 0.15) is 0 Å². The van der Waals surface area contributed by atoms with Crippen LogP contribution in [-0.4, -0.2) is 15.7 Å². The van der Waals surface area contributed by atoms with Crippen LogP contribution in [0.2, 0.25) is 0 Å². The predicted octanol–water partition coefficient (Wildman–Crippen LogP) is 3.81. The maximum absolute atomic E-state index is 12.6. The molecule has 0 bridgehead atoms. The Hall–Kier alpha value is -2.10. The first-order chi connectivity index (χ1) is 10.9. The van der Waals surface area contributed by atoms with E-state index in [9.17, 15) is 4.79 Å². The number of amides is 1. The first-order valence-corrected chi connectivity index (χ1v) is 8.32. The Morgan fingerprint density at radius 3 is 2.39 bits per heavy atom. The van der Waals surface area contributed by atoms with Gasteiger partial charge in [-0.15, -0.1) is 0 Å². The molecule has 23 heavy (non-hydrogen) atoms. The van der Waals surface area contributed by atoms with E-state index in [1.807, 2.05) is 14.0 Å². The van der Waals surface area contributed by atoms with Crippen molar-refractivity contribution >= 4 is 5.91 Å². The molecule has 4 heteroatoms. The van der Waals surface area contributed by atoms with E-state index >= 15 is 0 Å². The van der Waals surface area contributed by atoms with Gasteiger partial charge in [-0.3, -0.25) is 9.48 Å². The van der Waals surface area contributed by atoms with Crippen LogP contribution in [0.15, 0.2) is 30.5 Å². The quantitative estimate of drug-likeness (QED) is 0.881. The summed E-state index contributed by atoms with van der Waals surface area (Å²) in [6.45, 7) is 8.34. The van der Waals surface area contributed by atoms with Crippen LogP contribution in [-0.2, 0) is 13.5 Å². The Kier molecular flexibility index (Phi) is 5.59. The van der Waals surface area contributed by atoms with Gasteiger partial charge in [0.15, 0.2) is 0 Å². The minimum absolute atomic E-state index is 0.00205. The number of hydrogen-bond donors (Lipinski definition) is 1. The van der Waals surface area contributed by atoms with Crippen LogP contribution in [0.5, 0.6) is 0 Å². The molecule has 0 aliphatic heterocycles. The largest absolute Gasteiger partial charge is 0.345 e. The fourth-order valence-electron chi connectivity index (χ4n) is 2.76. The number of aromatic nitrogens is 2. The zero-order valence-corrected chi connectivity index (χ0v) is 14.8. The molecular formula is C19H27N3O. The lowest BCUT2D eigenvalue weighted by molar-refractivity contribution is 0.0925. The summed E-state index contributed by atoms with van der Waals surface area (Å²) in [5.41, 5.74) is 4.01. The molecule has 1 heterocycles. The molecule has 1 aromatic heterocycles. The number of aryl methyl sites for hydroxylation is 2. The molecule has 1 unspecified atom stereocenters. The van der Waals surface area contributed by atoms with Gasteiger partial charge in [0, 0.05) is 12.7 Å². The highest BCUT2D eigenvalue weighted by molar-refractivity contribution is 5.95. The fourth-order valence-corrected chi connectivity index (χ4v) is 2.76. The normalized spacial score (nSPS) is 12.4. The number of nitrogens with one attached hydrogen (secondary N) is 1. The van der Waals surface area contributed by atoms with Crippen molar-refractivity contribution in [1.82, 2.24) is 15.1 Å². The number of nitrogens with zero attached hydrogens (tertiary/aromatic N) is 2. The fraction of sp³-hybridized carbons (Fsp3) is 0.474. The molecule has 124 valence electrons. The summed E-state index contributed by atoms with van der Waals surface area (Å²) in [6, 6.07) is 8.58. The van der Waals surface area contributed by atoms with Crippen LogP contribution in [0.25, 0.3) is 0 Å². The summed E-state index contributed by atoms with van der Waals surface area (Å²) in [5.74, 6) is 0.250. The molecule has 0 fully saturated rings. The van der Waals surface area contributed by atoms with Gasteiger partial charge < -0.3 is 5.32 Å². The van der Waals surface area contributed by atoms with Gasteiger partial charge in [0.05, 0.1) is 17.8 Å². The summed E-state index contributed by atoms with van der Waals surface area (Å²) in [4.78, 5) is 12.6. The van der Waals surface area contributed by atoms with E-state index in [1.165, 1.54) is 5.56 Å². The molecule has 1 atom stereocenters. The third-order valence-corrected chi connectivity index (χ3v) is 4.31. The molecule has 1 aromatic carbocycles. The van der Waals surface area contributed by atoms with Crippen molar-refractivity contribution in [3.63, 3.8) is 0 Å². The lowest BCUT2D eigenvalue weighted by Crippen LogP contribution is -2.32. The number of hydrogen-bond acceptors (Lipinski definition) is 2. The van der Waals surface area contributed by atoms with Crippen LogP contribution in [0.1, 0.15) is 60.4 Å². The number of rotatable bonds is 6. The minimum Gasteiger partial charge on any atom is -0.345 e. The smallest absolute Gasteiger partial charge is 0.255 e. The first kappa shape index (κ1) is 17.3. The van der Waals surface area contributed by atoms with Gasteiger partial charge >= 0.3 is 0 Å². The molecule has 4 nitrogen and oxygen atoms in total.